The van der Waals surface area contributed by atoms with Crippen LogP contribution in [0.15, 0.2) is 94.4 Å². The van der Waals surface area contributed by atoms with Crippen molar-refractivity contribution in [3.63, 3.8) is 0 Å². The Balaban J connectivity index is 1.51. The first-order chi connectivity index (χ1) is 16.3. The van der Waals surface area contributed by atoms with Gasteiger partial charge in [0, 0.05) is 10.6 Å². The van der Waals surface area contributed by atoms with Gasteiger partial charge in [-0.3, -0.25) is 9.52 Å². The molecule has 0 aliphatic heterocycles. The number of nitrogens with one attached hydrogen (secondary N) is 2. The van der Waals surface area contributed by atoms with Crippen molar-refractivity contribution in [1.29, 1.82) is 0 Å². The fourth-order valence-electron chi connectivity index (χ4n) is 3.05. The van der Waals surface area contributed by atoms with Crippen molar-refractivity contribution in [3.8, 4) is 11.5 Å². The Morgan fingerprint density at radius 1 is 1.00 bits per heavy atom. The number of carbonyl (C=O) groups is 1. The minimum absolute atomic E-state index is 0.0272. The zero-order chi connectivity index (χ0) is 24.1. The number of sulfonamides is 1. The van der Waals surface area contributed by atoms with Crippen molar-refractivity contribution >= 4 is 38.9 Å². The molecular weight excluding hydrogens is 480 g/mol. The first-order valence-corrected chi connectivity index (χ1v) is 11.8. The van der Waals surface area contributed by atoms with E-state index < -0.39 is 15.9 Å². The van der Waals surface area contributed by atoms with E-state index in [1.165, 1.54) is 24.5 Å². The maximum Gasteiger partial charge on any atom is 0.291 e. The molecule has 0 unspecified atom stereocenters. The Morgan fingerprint density at radius 3 is 2.56 bits per heavy atom. The second-order valence-electron chi connectivity index (χ2n) is 7.13. The van der Waals surface area contributed by atoms with Crippen molar-refractivity contribution in [2.45, 2.75) is 11.5 Å². The molecule has 4 aromatic rings. The largest absolute Gasteiger partial charge is 0.506 e. The highest BCUT2D eigenvalue weighted by Gasteiger charge is 2.21. The van der Waals surface area contributed by atoms with Gasteiger partial charge in [-0.15, -0.1) is 0 Å². The molecule has 3 N–H and O–H groups in total. The van der Waals surface area contributed by atoms with E-state index in [1.54, 1.807) is 36.4 Å². The van der Waals surface area contributed by atoms with Crippen LogP contribution in [-0.4, -0.2) is 19.4 Å². The van der Waals surface area contributed by atoms with Crippen molar-refractivity contribution in [2.24, 2.45) is 0 Å². The molecular formula is C24H19ClN2O6S. The van der Waals surface area contributed by atoms with Crippen LogP contribution in [0.4, 0.5) is 11.4 Å². The number of phenolic OH excluding ortho intramolecular Hbond substituents is 1. The minimum atomic E-state index is -4.02. The highest BCUT2D eigenvalue weighted by atomic mass is 35.5. The number of para-hydroxylation sites is 1. The fourth-order valence-corrected chi connectivity index (χ4v) is 4.32. The van der Waals surface area contributed by atoms with E-state index in [1.807, 2.05) is 18.2 Å². The van der Waals surface area contributed by atoms with Crippen LogP contribution < -0.4 is 14.8 Å². The number of aromatic hydroxyl groups is 1. The molecule has 0 aliphatic carbocycles. The SMILES string of the molecule is O=C(Nc1cc(S(=O)(=O)Nc2cccc(Cl)c2)ccc1O)c1occc1COc1ccccc1. The lowest BCUT2D eigenvalue weighted by Gasteiger charge is -2.12. The average Bonchev–Trinajstić information content (AvgIpc) is 3.28. The maximum absolute atomic E-state index is 12.8. The Labute approximate surface area is 200 Å². The summed E-state index contributed by atoms with van der Waals surface area (Å²) < 4.78 is 38.9. The standard InChI is InChI=1S/C24H19ClN2O6S/c25-17-5-4-6-18(13-17)27-34(30,31)20-9-10-22(28)21(14-20)26-24(29)23-16(11-12-32-23)15-33-19-7-2-1-3-8-19/h1-14,27-28H,15H2,(H,26,29). The van der Waals surface area contributed by atoms with Crippen molar-refractivity contribution in [1.82, 2.24) is 0 Å². The van der Waals surface area contributed by atoms with E-state index in [-0.39, 0.29) is 34.4 Å². The molecule has 1 aromatic heterocycles. The summed E-state index contributed by atoms with van der Waals surface area (Å²) in [5.74, 6) is -0.397. The third-order valence-corrected chi connectivity index (χ3v) is 6.31. The molecule has 0 aliphatic rings. The van der Waals surface area contributed by atoms with Gasteiger partial charge in [0.2, 0.25) is 0 Å². The normalized spacial score (nSPS) is 11.1. The molecule has 34 heavy (non-hydrogen) atoms. The van der Waals surface area contributed by atoms with E-state index in [0.29, 0.717) is 16.3 Å². The fraction of sp³-hybridized carbons (Fsp3) is 0.0417. The smallest absolute Gasteiger partial charge is 0.291 e. The lowest BCUT2D eigenvalue weighted by Crippen LogP contribution is -2.16. The van der Waals surface area contributed by atoms with Gasteiger partial charge in [0.25, 0.3) is 15.9 Å². The van der Waals surface area contributed by atoms with Gasteiger partial charge in [-0.2, -0.15) is 0 Å². The van der Waals surface area contributed by atoms with Gasteiger partial charge >= 0.3 is 0 Å². The number of hydrogen-bond donors (Lipinski definition) is 3. The number of halogens is 1. The number of furan rings is 1. The third-order valence-electron chi connectivity index (χ3n) is 4.69. The second kappa shape index (κ2) is 9.90. The molecule has 1 amide bonds. The number of hydrogen-bond acceptors (Lipinski definition) is 6. The molecule has 10 heteroatoms. The van der Waals surface area contributed by atoms with E-state index in [9.17, 15) is 18.3 Å². The third kappa shape index (κ3) is 5.51. The summed E-state index contributed by atoms with van der Waals surface area (Å²) in [6.07, 6.45) is 1.34. The van der Waals surface area contributed by atoms with Gasteiger partial charge in [0.05, 0.1) is 22.5 Å². The molecule has 1 heterocycles. The predicted molar refractivity (Wildman–Crippen MR) is 128 cm³/mol. The first kappa shape index (κ1) is 23.2. The highest BCUT2D eigenvalue weighted by Crippen LogP contribution is 2.29. The Hall–Kier alpha value is -3.95. The second-order valence-corrected chi connectivity index (χ2v) is 9.24. The molecule has 174 valence electrons. The quantitative estimate of drug-likeness (QED) is 0.285. The van der Waals surface area contributed by atoms with Crippen LogP contribution in [0.5, 0.6) is 11.5 Å². The molecule has 0 spiro atoms. The summed E-state index contributed by atoms with van der Waals surface area (Å²) in [5.41, 5.74) is 0.641. The Morgan fingerprint density at radius 2 is 1.79 bits per heavy atom. The van der Waals surface area contributed by atoms with Gasteiger partial charge in [-0.1, -0.05) is 35.9 Å². The van der Waals surface area contributed by atoms with Crippen LogP contribution in [0.25, 0.3) is 0 Å². The number of benzene rings is 3. The molecule has 0 atom stereocenters. The molecule has 0 radical (unpaired) electrons. The number of rotatable bonds is 8. The lowest BCUT2D eigenvalue weighted by atomic mass is 10.2. The van der Waals surface area contributed by atoms with Gasteiger partial charge < -0.3 is 19.6 Å². The molecule has 4 rings (SSSR count). The van der Waals surface area contributed by atoms with Crippen LogP contribution in [-0.2, 0) is 16.6 Å². The average molecular weight is 499 g/mol. The summed E-state index contributed by atoms with van der Waals surface area (Å²) in [7, 11) is -4.02. The number of phenols is 1. The van der Waals surface area contributed by atoms with Crippen LogP contribution in [0.1, 0.15) is 16.1 Å². The highest BCUT2D eigenvalue weighted by molar-refractivity contribution is 7.92. The topological polar surface area (TPSA) is 118 Å². The monoisotopic (exact) mass is 498 g/mol. The lowest BCUT2D eigenvalue weighted by molar-refractivity contribution is 0.0993. The van der Waals surface area contributed by atoms with Crippen molar-refractivity contribution in [3.05, 3.63) is 101 Å². The zero-order valence-electron chi connectivity index (χ0n) is 17.6. The molecule has 3 aromatic carbocycles. The van der Waals surface area contributed by atoms with Crippen LogP contribution in [0, 0.1) is 0 Å². The molecule has 0 saturated heterocycles. The summed E-state index contributed by atoms with van der Waals surface area (Å²) in [5, 5.41) is 13.0. The number of carbonyl (C=O) groups excluding carboxylic acids is 1. The van der Waals surface area contributed by atoms with Crippen molar-refractivity contribution < 1.29 is 27.5 Å². The van der Waals surface area contributed by atoms with Gasteiger partial charge in [-0.05, 0) is 54.6 Å². The Bertz CT molecular complexity index is 1420. The number of amides is 1. The Kier molecular flexibility index (Phi) is 6.76. The van der Waals surface area contributed by atoms with Crippen LogP contribution in [0.3, 0.4) is 0 Å². The zero-order valence-corrected chi connectivity index (χ0v) is 19.1. The summed E-state index contributed by atoms with van der Waals surface area (Å²) >= 11 is 5.91. The van der Waals surface area contributed by atoms with Crippen LogP contribution >= 0.6 is 11.6 Å². The molecule has 0 bridgehead atoms. The summed E-state index contributed by atoms with van der Waals surface area (Å²) in [6, 6.07) is 20.4. The van der Waals surface area contributed by atoms with Gasteiger partial charge in [-0.25, -0.2) is 8.42 Å². The van der Waals surface area contributed by atoms with E-state index in [4.69, 9.17) is 20.8 Å². The molecule has 0 fully saturated rings. The van der Waals surface area contributed by atoms with E-state index >= 15 is 0 Å². The molecule has 0 saturated carbocycles. The van der Waals surface area contributed by atoms with Gasteiger partial charge in [0.15, 0.2) is 5.76 Å². The van der Waals surface area contributed by atoms with E-state index in [2.05, 4.69) is 10.0 Å². The first-order valence-electron chi connectivity index (χ1n) is 9.99. The van der Waals surface area contributed by atoms with Crippen LogP contribution in [0.2, 0.25) is 5.02 Å². The van der Waals surface area contributed by atoms with Gasteiger partial charge in [0.1, 0.15) is 18.1 Å². The minimum Gasteiger partial charge on any atom is -0.506 e. The summed E-state index contributed by atoms with van der Waals surface area (Å²) in [6.45, 7) is 0.0766. The summed E-state index contributed by atoms with van der Waals surface area (Å²) in [4.78, 5) is 12.6. The number of anilines is 2. The predicted octanol–water partition coefficient (Wildman–Crippen LogP) is 5.27. The van der Waals surface area contributed by atoms with Crippen molar-refractivity contribution in [2.75, 3.05) is 10.0 Å². The van der Waals surface area contributed by atoms with E-state index in [0.717, 1.165) is 6.07 Å². The maximum atomic E-state index is 12.8. The molecule has 8 nitrogen and oxygen atoms in total. The number of ether oxygens (including phenoxy) is 1.